The van der Waals surface area contributed by atoms with Crippen LogP contribution in [0.5, 0.6) is 0 Å². The van der Waals surface area contributed by atoms with Crippen LogP contribution in [0.25, 0.3) is 11.1 Å². The second kappa shape index (κ2) is 12.7. The number of hydrogen-bond donors (Lipinski definition) is 2. The van der Waals surface area contributed by atoms with E-state index in [0.29, 0.717) is 47.7 Å². The quantitative estimate of drug-likeness (QED) is 0.259. The number of ether oxygens (including phenoxy) is 3. The monoisotopic (exact) mass is 656 g/mol. The summed E-state index contributed by atoms with van der Waals surface area (Å²) in [6.07, 6.45) is 2.94. The molecule has 3 bridgehead atoms. The molecule has 11 nitrogen and oxygen atoms in total. The fourth-order valence-electron chi connectivity index (χ4n) is 6.92. The van der Waals surface area contributed by atoms with Crippen LogP contribution in [0.1, 0.15) is 51.5 Å². The largest absolute Gasteiger partial charge is 0.443 e. The molecule has 1 amide bonds. The normalized spacial score (nSPS) is 26.2. The van der Waals surface area contributed by atoms with Crippen LogP contribution in [0.3, 0.4) is 0 Å². The van der Waals surface area contributed by atoms with E-state index in [-0.39, 0.29) is 54.5 Å². The van der Waals surface area contributed by atoms with E-state index in [1.807, 2.05) is 13.8 Å². The van der Waals surface area contributed by atoms with E-state index in [4.69, 9.17) is 18.6 Å². The maximum Gasteiger partial charge on any atom is 0.407 e. The topological polar surface area (TPSA) is 132 Å². The number of nitrogens with one attached hydrogen (secondary N) is 2. The lowest BCUT2D eigenvalue weighted by molar-refractivity contribution is -0.153. The second-order valence-electron chi connectivity index (χ2n) is 13.5. The number of alkyl carbamates (subject to hydrolysis) is 1. The summed E-state index contributed by atoms with van der Waals surface area (Å²) >= 11 is 0. The van der Waals surface area contributed by atoms with E-state index in [0.717, 1.165) is 25.7 Å². The van der Waals surface area contributed by atoms with E-state index < -0.39 is 28.3 Å². The lowest BCUT2D eigenvalue weighted by atomic mass is 9.78. The third-order valence-corrected chi connectivity index (χ3v) is 11.1. The van der Waals surface area contributed by atoms with Crippen LogP contribution < -0.4 is 10.6 Å². The zero-order valence-electron chi connectivity index (χ0n) is 26.1. The molecule has 2 aliphatic carbocycles. The molecular formula is C33H41FN4O7S. The third-order valence-electron chi connectivity index (χ3n) is 9.27. The van der Waals surface area contributed by atoms with Crippen molar-refractivity contribution in [2.45, 2.75) is 87.8 Å². The first kappa shape index (κ1) is 31.3. The first-order valence-corrected chi connectivity index (χ1v) is 17.7. The summed E-state index contributed by atoms with van der Waals surface area (Å²) in [4.78, 5) is 17.8. The van der Waals surface area contributed by atoms with Gasteiger partial charge in [-0.1, -0.05) is 26.0 Å². The molecule has 4 aliphatic rings. The van der Waals surface area contributed by atoms with Gasteiger partial charge < -0.3 is 29.3 Å². The van der Waals surface area contributed by atoms with E-state index >= 15 is 0 Å². The number of nitrogens with zero attached hydrogens (tertiary/aromatic N) is 2. The van der Waals surface area contributed by atoms with Gasteiger partial charge in [-0.15, -0.1) is 0 Å². The molecule has 6 unspecified atom stereocenters. The third kappa shape index (κ3) is 6.87. The highest BCUT2D eigenvalue weighted by atomic mass is 32.2. The fourth-order valence-corrected chi connectivity index (χ4v) is 8.55. The molecule has 1 aromatic heterocycles. The average Bonchev–Trinajstić information content (AvgIpc) is 3.64. The molecule has 0 spiro atoms. The number of carbonyl (C=O) groups excluding carboxylic acids is 1. The van der Waals surface area contributed by atoms with E-state index in [1.165, 1.54) is 22.5 Å². The summed E-state index contributed by atoms with van der Waals surface area (Å²) in [5, 5.41) is 6.17. The minimum absolute atomic E-state index is 0.0386. The van der Waals surface area contributed by atoms with Gasteiger partial charge >= 0.3 is 6.09 Å². The van der Waals surface area contributed by atoms with Gasteiger partial charge in [-0.3, -0.25) is 0 Å². The Hall–Kier alpha value is -3.26. The van der Waals surface area contributed by atoms with Gasteiger partial charge in [0.15, 0.2) is 11.9 Å². The summed E-state index contributed by atoms with van der Waals surface area (Å²) in [7, 11) is -3.94. The molecule has 6 atom stereocenters. The molecule has 2 saturated heterocycles. The Morgan fingerprint density at radius 3 is 2.78 bits per heavy atom. The molecule has 2 saturated carbocycles. The van der Waals surface area contributed by atoms with Crippen molar-refractivity contribution in [3.63, 3.8) is 0 Å². The molecule has 4 fully saturated rings. The number of benzene rings is 2. The second-order valence-corrected chi connectivity index (χ2v) is 15.5. The van der Waals surface area contributed by atoms with Crippen LogP contribution in [-0.2, 0) is 30.7 Å². The van der Waals surface area contributed by atoms with Crippen molar-refractivity contribution in [3.8, 4) is 0 Å². The smallest absolute Gasteiger partial charge is 0.407 e. The predicted octanol–water partition coefficient (Wildman–Crippen LogP) is 5.07. The van der Waals surface area contributed by atoms with Gasteiger partial charge in [-0.05, 0) is 74.3 Å². The molecule has 2 aliphatic heterocycles. The van der Waals surface area contributed by atoms with Crippen molar-refractivity contribution in [1.82, 2.24) is 14.6 Å². The highest BCUT2D eigenvalue weighted by Crippen LogP contribution is 2.46. The van der Waals surface area contributed by atoms with Gasteiger partial charge in [0.1, 0.15) is 17.4 Å². The zero-order chi connectivity index (χ0) is 32.0. The minimum atomic E-state index is -3.94. The van der Waals surface area contributed by atoms with Crippen LogP contribution in [0.15, 0.2) is 51.8 Å². The number of sulfonamides is 1. The first-order chi connectivity index (χ1) is 22.1. The number of rotatable bonds is 13. The van der Waals surface area contributed by atoms with Crippen LogP contribution >= 0.6 is 0 Å². The van der Waals surface area contributed by atoms with Crippen molar-refractivity contribution in [2.75, 3.05) is 25.0 Å². The Morgan fingerprint density at radius 2 is 2.00 bits per heavy atom. The first-order valence-electron chi connectivity index (χ1n) is 16.3. The number of amides is 1. The zero-order valence-corrected chi connectivity index (χ0v) is 26.9. The SMILES string of the molecule is CC(C)CN(CCC(Cc1cccc(F)c1)NC(=O)OC1C2COC3OC1CC3C2)S(=O)(=O)c1ccc2nc(NC3CC3)oc2c1. The molecule has 2 N–H and O–H groups in total. The van der Waals surface area contributed by atoms with Crippen molar-refractivity contribution < 1.29 is 36.2 Å². The number of aromatic nitrogens is 1. The molecule has 0 radical (unpaired) electrons. The Bertz CT molecular complexity index is 1670. The lowest BCUT2D eigenvalue weighted by Gasteiger charge is -2.36. The molecule has 2 aromatic carbocycles. The highest BCUT2D eigenvalue weighted by Gasteiger charge is 2.53. The molecular weight excluding hydrogens is 615 g/mol. The number of hydrogen-bond acceptors (Lipinski definition) is 9. The predicted molar refractivity (Wildman–Crippen MR) is 167 cm³/mol. The van der Waals surface area contributed by atoms with E-state index in [1.54, 1.807) is 24.3 Å². The standard InChI is InChI=1S/C33H41FN4O7S/c1-19(2)17-38(46(40,41)26-8-9-27-28(16-26)44-32(37-27)35-24-6-7-24)11-10-25(13-20-4-3-5-23(34)12-20)36-33(39)45-30-22-14-21-15-29(30)43-31(21)42-18-22/h3-5,8-9,12,16,19,21-22,24-25,29-31H,6-7,10-11,13-15,17-18H2,1-2H3,(H,35,37)(H,36,39). The molecule has 3 heterocycles. The summed E-state index contributed by atoms with van der Waals surface area (Å²) in [6.45, 7) is 4.79. The van der Waals surface area contributed by atoms with Crippen LogP contribution in [-0.4, -0.2) is 74.1 Å². The summed E-state index contributed by atoms with van der Waals surface area (Å²) in [5.41, 5.74) is 1.65. The van der Waals surface area contributed by atoms with Gasteiger partial charge in [0.2, 0.25) is 10.0 Å². The van der Waals surface area contributed by atoms with E-state index in [9.17, 15) is 17.6 Å². The Morgan fingerprint density at radius 1 is 1.15 bits per heavy atom. The van der Waals surface area contributed by atoms with Gasteiger partial charge in [0.05, 0.1) is 17.6 Å². The molecule has 3 aromatic rings. The highest BCUT2D eigenvalue weighted by molar-refractivity contribution is 7.89. The van der Waals surface area contributed by atoms with Gasteiger partial charge in [0, 0.05) is 43.1 Å². The Balaban J connectivity index is 1.07. The van der Waals surface area contributed by atoms with E-state index in [2.05, 4.69) is 15.6 Å². The van der Waals surface area contributed by atoms with Gasteiger partial charge in [-0.25, -0.2) is 17.6 Å². The maximum atomic E-state index is 14.1. The number of fused-ring (bicyclic) bond motifs is 3. The van der Waals surface area contributed by atoms with Crippen molar-refractivity contribution in [1.29, 1.82) is 0 Å². The minimum Gasteiger partial charge on any atom is -0.443 e. The van der Waals surface area contributed by atoms with Crippen molar-refractivity contribution in [2.24, 2.45) is 17.8 Å². The summed E-state index contributed by atoms with van der Waals surface area (Å²) < 4.78 is 67.1. The molecule has 248 valence electrons. The van der Waals surface area contributed by atoms with Crippen molar-refractivity contribution >= 4 is 33.2 Å². The number of halogens is 1. The number of carbonyl (C=O) groups is 1. The Labute approximate surface area is 268 Å². The fraction of sp³-hybridized carbons (Fsp3) is 0.576. The number of oxazole rings is 1. The lowest BCUT2D eigenvalue weighted by Crippen LogP contribution is -2.48. The Kier molecular flexibility index (Phi) is 8.68. The maximum absolute atomic E-state index is 14.1. The average molecular weight is 657 g/mol. The van der Waals surface area contributed by atoms with Gasteiger partial charge in [0.25, 0.3) is 6.01 Å². The number of anilines is 1. The van der Waals surface area contributed by atoms with Crippen LogP contribution in [0.4, 0.5) is 15.2 Å². The molecule has 13 heteroatoms. The summed E-state index contributed by atoms with van der Waals surface area (Å²) in [6, 6.07) is 11.1. The van der Waals surface area contributed by atoms with Crippen LogP contribution in [0.2, 0.25) is 0 Å². The van der Waals surface area contributed by atoms with Crippen molar-refractivity contribution in [3.05, 3.63) is 53.8 Å². The van der Waals surface area contributed by atoms with Crippen LogP contribution in [0, 0.1) is 23.6 Å². The summed E-state index contributed by atoms with van der Waals surface area (Å²) in [5.74, 6) is 0.0696. The van der Waals surface area contributed by atoms with Gasteiger partial charge in [-0.2, -0.15) is 9.29 Å². The molecule has 46 heavy (non-hydrogen) atoms. The molecule has 7 rings (SSSR count).